The predicted molar refractivity (Wildman–Crippen MR) is 78.0 cm³/mol. The van der Waals surface area contributed by atoms with Crippen LogP contribution in [-0.4, -0.2) is 0 Å². The van der Waals surface area contributed by atoms with Gasteiger partial charge in [-0.2, -0.15) is 0 Å². The Morgan fingerprint density at radius 2 is 1.74 bits per heavy atom. The van der Waals surface area contributed by atoms with Crippen molar-refractivity contribution in [2.75, 3.05) is 0 Å². The van der Waals surface area contributed by atoms with E-state index in [0.717, 1.165) is 11.1 Å². The van der Waals surface area contributed by atoms with Gasteiger partial charge in [0.05, 0.1) is 0 Å². The Labute approximate surface area is 118 Å². The molecule has 0 bridgehead atoms. The number of nitrogens with two attached hydrogens (primary N) is 1. The predicted octanol–water partition coefficient (Wildman–Crippen LogP) is 4.34. The van der Waals surface area contributed by atoms with E-state index in [1.165, 1.54) is 23.3 Å². The van der Waals surface area contributed by atoms with Crippen LogP contribution in [0.25, 0.3) is 0 Å². The van der Waals surface area contributed by atoms with Crippen molar-refractivity contribution in [2.24, 2.45) is 5.73 Å². The first-order valence-electron chi connectivity index (χ1n) is 6.23. The highest BCUT2D eigenvalue weighted by molar-refractivity contribution is 6.31. The van der Waals surface area contributed by atoms with Gasteiger partial charge >= 0.3 is 0 Å². The molecule has 0 spiro atoms. The molecule has 2 rings (SSSR count). The summed E-state index contributed by atoms with van der Waals surface area (Å²) in [6.07, 6.45) is 0.599. The molecule has 0 aromatic heterocycles. The average Bonchev–Trinajstić information content (AvgIpc) is 2.31. The normalized spacial score (nSPS) is 12.5. The molecule has 0 radical (unpaired) electrons. The molecular formula is C16H17ClFN. The zero-order valence-corrected chi connectivity index (χ0v) is 11.8. The Hall–Kier alpha value is -1.38. The Morgan fingerprint density at radius 1 is 1.11 bits per heavy atom. The largest absolute Gasteiger partial charge is 0.324 e. The quantitative estimate of drug-likeness (QED) is 0.887. The molecule has 100 valence electrons. The van der Waals surface area contributed by atoms with E-state index in [4.69, 9.17) is 17.3 Å². The lowest BCUT2D eigenvalue weighted by molar-refractivity contribution is 0.625. The minimum Gasteiger partial charge on any atom is -0.324 e. The highest BCUT2D eigenvalue weighted by Crippen LogP contribution is 2.24. The second kappa shape index (κ2) is 5.72. The summed E-state index contributed by atoms with van der Waals surface area (Å²) in [5.74, 6) is -0.325. The van der Waals surface area contributed by atoms with Gasteiger partial charge in [-0.3, -0.25) is 0 Å². The number of rotatable bonds is 3. The molecule has 0 aliphatic heterocycles. The molecule has 19 heavy (non-hydrogen) atoms. The van der Waals surface area contributed by atoms with E-state index >= 15 is 0 Å². The van der Waals surface area contributed by atoms with E-state index in [0.29, 0.717) is 11.4 Å². The van der Waals surface area contributed by atoms with Crippen molar-refractivity contribution in [2.45, 2.75) is 26.3 Å². The molecule has 0 saturated heterocycles. The van der Waals surface area contributed by atoms with Crippen LogP contribution in [0.15, 0.2) is 36.4 Å². The van der Waals surface area contributed by atoms with Crippen LogP contribution < -0.4 is 5.73 Å². The molecule has 2 aromatic rings. The Morgan fingerprint density at radius 3 is 2.32 bits per heavy atom. The van der Waals surface area contributed by atoms with E-state index < -0.39 is 0 Å². The minimum absolute atomic E-state index is 0.137. The van der Waals surface area contributed by atoms with Crippen LogP contribution in [0.5, 0.6) is 0 Å². The van der Waals surface area contributed by atoms with Gasteiger partial charge in [-0.15, -0.1) is 0 Å². The number of hydrogen-bond acceptors (Lipinski definition) is 1. The van der Waals surface area contributed by atoms with Gasteiger partial charge in [0, 0.05) is 11.1 Å². The first-order chi connectivity index (χ1) is 8.95. The second-order valence-electron chi connectivity index (χ2n) is 4.97. The second-order valence-corrected chi connectivity index (χ2v) is 5.37. The molecule has 1 atom stereocenters. The Balaban J connectivity index is 2.22. The fourth-order valence-electron chi connectivity index (χ4n) is 2.27. The lowest BCUT2D eigenvalue weighted by Crippen LogP contribution is -2.14. The van der Waals surface area contributed by atoms with E-state index in [9.17, 15) is 4.39 Å². The highest BCUT2D eigenvalue weighted by atomic mass is 35.5. The molecule has 0 fully saturated rings. The minimum atomic E-state index is -0.325. The summed E-state index contributed by atoms with van der Waals surface area (Å²) >= 11 is 6.03. The summed E-state index contributed by atoms with van der Waals surface area (Å²) in [5, 5.41) is 0.430. The zero-order valence-electron chi connectivity index (χ0n) is 11.1. The number of aryl methyl sites for hydroxylation is 2. The van der Waals surface area contributed by atoms with E-state index in [2.05, 4.69) is 18.2 Å². The third kappa shape index (κ3) is 3.55. The summed E-state index contributed by atoms with van der Waals surface area (Å²) < 4.78 is 13.0. The van der Waals surface area contributed by atoms with Crippen LogP contribution in [0.3, 0.4) is 0 Å². The van der Waals surface area contributed by atoms with E-state index in [1.807, 2.05) is 13.8 Å². The highest BCUT2D eigenvalue weighted by Gasteiger charge is 2.11. The Bertz CT molecular complexity index is 575. The van der Waals surface area contributed by atoms with Gasteiger partial charge < -0.3 is 5.73 Å². The van der Waals surface area contributed by atoms with Crippen LogP contribution >= 0.6 is 11.6 Å². The fourth-order valence-corrected chi connectivity index (χ4v) is 2.51. The van der Waals surface area contributed by atoms with Crippen molar-refractivity contribution in [3.8, 4) is 0 Å². The zero-order chi connectivity index (χ0) is 14.0. The molecule has 1 nitrogen and oxygen atoms in total. The number of hydrogen-bond donors (Lipinski definition) is 1. The van der Waals surface area contributed by atoms with Crippen LogP contribution in [-0.2, 0) is 6.42 Å². The summed E-state index contributed by atoms with van der Waals surface area (Å²) in [5.41, 5.74) is 10.6. The van der Waals surface area contributed by atoms with Crippen LogP contribution in [0, 0.1) is 19.7 Å². The van der Waals surface area contributed by atoms with Crippen molar-refractivity contribution < 1.29 is 4.39 Å². The topological polar surface area (TPSA) is 26.0 Å². The molecule has 2 N–H and O–H groups in total. The molecule has 2 aromatic carbocycles. The van der Waals surface area contributed by atoms with Crippen molar-refractivity contribution >= 4 is 11.6 Å². The van der Waals surface area contributed by atoms with Gasteiger partial charge in [-0.05, 0) is 43.5 Å². The van der Waals surface area contributed by atoms with E-state index in [1.54, 1.807) is 6.07 Å². The first-order valence-corrected chi connectivity index (χ1v) is 6.61. The number of halogens is 2. The third-order valence-corrected chi connectivity index (χ3v) is 3.48. The third-order valence-electron chi connectivity index (χ3n) is 3.13. The van der Waals surface area contributed by atoms with Gasteiger partial charge in [0.1, 0.15) is 5.82 Å². The van der Waals surface area contributed by atoms with Gasteiger partial charge in [0.25, 0.3) is 0 Å². The van der Waals surface area contributed by atoms with Gasteiger partial charge in [-0.25, -0.2) is 4.39 Å². The molecule has 0 saturated carbocycles. The first kappa shape index (κ1) is 14.0. The lowest BCUT2D eigenvalue weighted by Gasteiger charge is -2.15. The summed E-state index contributed by atoms with van der Waals surface area (Å²) in [6, 6.07) is 10.6. The number of benzene rings is 2. The van der Waals surface area contributed by atoms with Crippen molar-refractivity contribution in [1.82, 2.24) is 0 Å². The SMILES string of the molecule is Cc1cc(C)cc(C(N)Cc2ccc(F)cc2Cl)c1. The van der Waals surface area contributed by atoms with Crippen LogP contribution in [0.2, 0.25) is 5.02 Å². The maximum Gasteiger partial charge on any atom is 0.124 e. The Kier molecular flexibility index (Phi) is 4.23. The lowest BCUT2D eigenvalue weighted by atomic mass is 9.96. The maximum atomic E-state index is 13.0. The summed E-state index contributed by atoms with van der Waals surface area (Å²) in [7, 11) is 0. The smallest absolute Gasteiger partial charge is 0.124 e. The van der Waals surface area contributed by atoms with Gasteiger partial charge in [0.15, 0.2) is 0 Å². The van der Waals surface area contributed by atoms with E-state index in [-0.39, 0.29) is 11.9 Å². The molecule has 3 heteroatoms. The van der Waals surface area contributed by atoms with Crippen molar-refractivity contribution in [3.05, 3.63) is 69.5 Å². The van der Waals surface area contributed by atoms with Crippen LogP contribution in [0.4, 0.5) is 4.39 Å². The van der Waals surface area contributed by atoms with Crippen molar-refractivity contribution in [3.63, 3.8) is 0 Å². The molecule has 0 heterocycles. The summed E-state index contributed by atoms with van der Waals surface area (Å²) in [4.78, 5) is 0. The van der Waals surface area contributed by atoms with Gasteiger partial charge in [0.2, 0.25) is 0 Å². The summed E-state index contributed by atoms with van der Waals surface area (Å²) in [6.45, 7) is 4.10. The molecular weight excluding hydrogens is 261 g/mol. The van der Waals surface area contributed by atoms with Crippen LogP contribution in [0.1, 0.15) is 28.3 Å². The molecule has 0 aliphatic rings. The molecule has 0 aliphatic carbocycles. The maximum absolute atomic E-state index is 13.0. The van der Waals surface area contributed by atoms with Gasteiger partial charge in [-0.1, -0.05) is 47.0 Å². The standard InChI is InChI=1S/C16H17ClFN/c1-10-5-11(2)7-13(6-10)16(19)8-12-3-4-14(18)9-15(12)17/h3-7,9,16H,8,19H2,1-2H3. The molecule has 1 unspecified atom stereocenters. The monoisotopic (exact) mass is 277 g/mol. The van der Waals surface area contributed by atoms with Crippen molar-refractivity contribution in [1.29, 1.82) is 0 Å². The average molecular weight is 278 g/mol. The molecule has 0 amide bonds. The fraction of sp³-hybridized carbons (Fsp3) is 0.250.